The summed E-state index contributed by atoms with van der Waals surface area (Å²) in [7, 11) is 0. The molecule has 0 fully saturated rings. The van der Waals surface area contributed by atoms with Crippen LogP contribution in [0.2, 0.25) is 0 Å². The summed E-state index contributed by atoms with van der Waals surface area (Å²) in [5.74, 6) is 0. The Kier molecular flexibility index (Phi) is 7.46. The normalized spacial score (nSPS) is 12.9. The summed E-state index contributed by atoms with van der Waals surface area (Å²) in [6.07, 6.45) is 1.48. The molecule has 0 radical (unpaired) electrons. The summed E-state index contributed by atoms with van der Waals surface area (Å²) in [6, 6.07) is 0. The van der Waals surface area contributed by atoms with Crippen LogP contribution in [-0.2, 0) is 9.47 Å². The van der Waals surface area contributed by atoms with Crippen LogP contribution in [-0.4, -0.2) is 31.2 Å². The van der Waals surface area contributed by atoms with Crippen molar-refractivity contribution in [1.29, 1.82) is 0 Å². The second-order valence-electron chi connectivity index (χ2n) is 2.11. The van der Waals surface area contributed by atoms with Gasteiger partial charge in [0.2, 0.25) is 0 Å². The molecule has 3 heteroatoms. The molecule has 0 heterocycles. The Morgan fingerprint density at radius 1 is 1.45 bits per heavy atom. The molecule has 11 heavy (non-hydrogen) atoms. The summed E-state index contributed by atoms with van der Waals surface area (Å²) in [6.45, 7) is 7.08. The van der Waals surface area contributed by atoms with Gasteiger partial charge in [-0.1, -0.05) is 13.5 Å². The van der Waals surface area contributed by atoms with Crippen molar-refractivity contribution in [3.63, 3.8) is 0 Å². The lowest BCUT2D eigenvalue weighted by Gasteiger charge is -2.06. The van der Waals surface area contributed by atoms with Gasteiger partial charge >= 0.3 is 0 Å². The highest BCUT2D eigenvalue weighted by Gasteiger charge is 1.95. The maximum Gasteiger partial charge on any atom is 0.173 e. The van der Waals surface area contributed by atoms with E-state index in [0.29, 0.717) is 13.2 Å². The Bertz CT molecular complexity index is 93.3. The van der Waals surface area contributed by atoms with E-state index in [2.05, 4.69) is 6.58 Å². The fourth-order valence-corrected chi connectivity index (χ4v) is 0.542. The minimum Gasteiger partial charge on any atom is -0.379 e. The van der Waals surface area contributed by atoms with Gasteiger partial charge in [-0.15, -0.1) is 0 Å². The highest BCUT2D eigenvalue weighted by molar-refractivity contribution is 4.69. The van der Waals surface area contributed by atoms with Crippen molar-refractivity contribution in [2.45, 2.75) is 19.6 Å². The van der Waals surface area contributed by atoms with E-state index in [1.165, 1.54) is 6.08 Å². The molecule has 0 rings (SSSR count). The van der Waals surface area contributed by atoms with E-state index in [4.69, 9.17) is 14.6 Å². The maximum absolute atomic E-state index is 8.82. The first-order valence-electron chi connectivity index (χ1n) is 3.81. The lowest BCUT2D eigenvalue weighted by molar-refractivity contribution is -0.0807. The predicted octanol–water partition coefficient (Wildman–Crippen LogP) is 0.934. The Hall–Kier alpha value is -0.380. The molecule has 1 N–H and O–H groups in total. The molecule has 1 atom stereocenters. The van der Waals surface area contributed by atoms with Crippen molar-refractivity contribution in [3.8, 4) is 0 Å². The molecular weight excluding hydrogens is 144 g/mol. The van der Waals surface area contributed by atoms with Gasteiger partial charge in [0.25, 0.3) is 0 Å². The number of aliphatic hydroxyl groups is 1. The third kappa shape index (κ3) is 7.52. The van der Waals surface area contributed by atoms with Crippen LogP contribution < -0.4 is 0 Å². The van der Waals surface area contributed by atoms with Gasteiger partial charge in [0.15, 0.2) is 6.29 Å². The summed E-state index contributed by atoms with van der Waals surface area (Å²) in [5, 5.41) is 8.82. The van der Waals surface area contributed by atoms with Gasteiger partial charge in [-0.05, 0) is 12.5 Å². The molecule has 0 saturated carbocycles. The molecule has 0 saturated heterocycles. The van der Waals surface area contributed by atoms with Crippen molar-refractivity contribution in [2.24, 2.45) is 0 Å². The van der Waals surface area contributed by atoms with Gasteiger partial charge in [-0.25, -0.2) is 0 Å². The van der Waals surface area contributed by atoms with Gasteiger partial charge < -0.3 is 14.6 Å². The number of aliphatic hydroxyl groups excluding tert-OH is 1. The lowest BCUT2D eigenvalue weighted by atomic mass is 10.5. The van der Waals surface area contributed by atoms with Crippen molar-refractivity contribution in [2.75, 3.05) is 19.8 Å². The zero-order valence-electron chi connectivity index (χ0n) is 6.95. The summed E-state index contributed by atoms with van der Waals surface area (Å²) in [4.78, 5) is 0. The highest BCUT2D eigenvalue weighted by atomic mass is 16.6. The quantitative estimate of drug-likeness (QED) is 0.342. The molecule has 0 aliphatic heterocycles. The van der Waals surface area contributed by atoms with Crippen molar-refractivity contribution in [3.05, 3.63) is 12.7 Å². The molecule has 1 unspecified atom stereocenters. The first-order valence-corrected chi connectivity index (χ1v) is 3.81. The number of hydrogen-bond acceptors (Lipinski definition) is 3. The maximum atomic E-state index is 8.82. The van der Waals surface area contributed by atoms with Crippen molar-refractivity contribution in [1.82, 2.24) is 0 Å². The van der Waals surface area contributed by atoms with E-state index in [0.717, 1.165) is 13.0 Å². The third-order valence-electron chi connectivity index (χ3n) is 1.07. The number of hydrogen-bond donors (Lipinski definition) is 1. The summed E-state index contributed by atoms with van der Waals surface area (Å²) >= 11 is 0. The molecule has 0 bridgehead atoms. The van der Waals surface area contributed by atoms with Crippen LogP contribution >= 0.6 is 0 Å². The highest BCUT2D eigenvalue weighted by Crippen LogP contribution is 1.87. The monoisotopic (exact) mass is 160 g/mol. The average Bonchev–Trinajstić information content (AvgIpc) is 2.04. The van der Waals surface area contributed by atoms with E-state index in [1.807, 2.05) is 6.92 Å². The first-order chi connectivity index (χ1) is 5.31. The third-order valence-corrected chi connectivity index (χ3v) is 1.07. The minimum absolute atomic E-state index is 0.410. The van der Waals surface area contributed by atoms with Crippen LogP contribution in [0, 0.1) is 0 Å². The van der Waals surface area contributed by atoms with Crippen LogP contribution in [0.25, 0.3) is 0 Å². The van der Waals surface area contributed by atoms with E-state index in [1.54, 1.807) is 0 Å². The standard InChI is InChI=1S/C8H16O3/c1-3-5-10-6-7-11-8(9)4-2/h4,8-9H,2-3,5-7H2,1H3. The number of ether oxygens (including phenoxy) is 2. The zero-order chi connectivity index (χ0) is 8.53. The Morgan fingerprint density at radius 3 is 2.73 bits per heavy atom. The van der Waals surface area contributed by atoms with Gasteiger partial charge in [-0.3, -0.25) is 0 Å². The van der Waals surface area contributed by atoms with Crippen LogP contribution in [0.15, 0.2) is 12.7 Å². The van der Waals surface area contributed by atoms with Gasteiger partial charge in [0, 0.05) is 6.61 Å². The molecule has 0 spiro atoms. The molecule has 0 amide bonds. The molecule has 66 valence electrons. The van der Waals surface area contributed by atoms with Gasteiger partial charge in [-0.2, -0.15) is 0 Å². The van der Waals surface area contributed by atoms with Crippen molar-refractivity contribution < 1.29 is 14.6 Å². The van der Waals surface area contributed by atoms with E-state index in [9.17, 15) is 0 Å². The molecule has 0 aromatic heterocycles. The van der Waals surface area contributed by atoms with Crippen LogP contribution in [0.4, 0.5) is 0 Å². The predicted molar refractivity (Wildman–Crippen MR) is 43.3 cm³/mol. The first kappa shape index (κ1) is 10.6. The minimum atomic E-state index is -0.861. The summed E-state index contributed by atoms with van der Waals surface area (Å²) in [5.41, 5.74) is 0. The Labute approximate surface area is 67.6 Å². The second kappa shape index (κ2) is 7.72. The van der Waals surface area contributed by atoms with E-state index in [-0.39, 0.29) is 0 Å². The Morgan fingerprint density at radius 2 is 2.18 bits per heavy atom. The smallest absolute Gasteiger partial charge is 0.173 e. The SMILES string of the molecule is C=CC(O)OCCOCCC. The van der Waals surface area contributed by atoms with E-state index >= 15 is 0 Å². The molecule has 3 nitrogen and oxygen atoms in total. The Balaban J connectivity index is 2.95. The molecule has 0 aromatic rings. The van der Waals surface area contributed by atoms with Gasteiger partial charge in [0.1, 0.15) is 0 Å². The average molecular weight is 160 g/mol. The molecule has 0 aliphatic rings. The second-order valence-corrected chi connectivity index (χ2v) is 2.11. The fraction of sp³-hybridized carbons (Fsp3) is 0.750. The summed E-state index contributed by atoms with van der Waals surface area (Å²) < 4.78 is 9.96. The molecular formula is C8H16O3. The van der Waals surface area contributed by atoms with Crippen LogP contribution in [0.1, 0.15) is 13.3 Å². The van der Waals surface area contributed by atoms with Crippen molar-refractivity contribution >= 4 is 0 Å². The van der Waals surface area contributed by atoms with E-state index < -0.39 is 6.29 Å². The zero-order valence-corrected chi connectivity index (χ0v) is 6.95. The molecule has 0 aromatic carbocycles. The lowest BCUT2D eigenvalue weighted by Crippen LogP contribution is -2.12. The van der Waals surface area contributed by atoms with Crippen LogP contribution in [0.5, 0.6) is 0 Å². The number of rotatable bonds is 7. The topological polar surface area (TPSA) is 38.7 Å². The molecule has 0 aliphatic carbocycles. The van der Waals surface area contributed by atoms with Gasteiger partial charge in [0.05, 0.1) is 13.2 Å². The fourth-order valence-electron chi connectivity index (χ4n) is 0.542. The van der Waals surface area contributed by atoms with Crippen LogP contribution in [0.3, 0.4) is 0 Å². The largest absolute Gasteiger partial charge is 0.379 e.